The lowest BCUT2D eigenvalue weighted by atomic mass is 10.3. The zero-order chi connectivity index (χ0) is 16.2. The average Bonchev–Trinajstić information content (AvgIpc) is 2.51. The molecular formula is C16H28N4O2. The normalized spacial score (nSPS) is 11.6. The zero-order valence-corrected chi connectivity index (χ0v) is 14.1. The van der Waals surface area contributed by atoms with Crippen LogP contribution in [0.2, 0.25) is 0 Å². The first-order chi connectivity index (χ1) is 10.7. The molecule has 1 heterocycles. The molecule has 1 rings (SSSR count). The van der Waals surface area contributed by atoms with E-state index in [4.69, 9.17) is 9.47 Å². The van der Waals surface area contributed by atoms with Crippen LogP contribution < -0.4 is 15.4 Å². The molecule has 0 aliphatic rings. The number of ether oxygens (including phenoxy) is 2. The Hall–Kier alpha value is -1.82. The summed E-state index contributed by atoms with van der Waals surface area (Å²) in [6.45, 7) is 8.99. The molecule has 0 aromatic carbocycles. The van der Waals surface area contributed by atoms with Gasteiger partial charge in [0.1, 0.15) is 0 Å². The van der Waals surface area contributed by atoms with Gasteiger partial charge in [0.2, 0.25) is 5.88 Å². The maximum Gasteiger partial charge on any atom is 0.213 e. The first-order valence-corrected chi connectivity index (χ1v) is 7.79. The third kappa shape index (κ3) is 7.83. The second kappa shape index (κ2) is 10.8. The smallest absolute Gasteiger partial charge is 0.213 e. The Bertz CT molecular complexity index is 432. The molecule has 1 aromatic rings. The fraction of sp³-hybridized carbons (Fsp3) is 0.625. The van der Waals surface area contributed by atoms with Crippen LogP contribution in [0.3, 0.4) is 0 Å². The first kappa shape index (κ1) is 18.2. The summed E-state index contributed by atoms with van der Waals surface area (Å²) in [4.78, 5) is 8.47. The van der Waals surface area contributed by atoms with Crippen LogP contribution in [0.5, 0.6) is 5.88 Å². The number of nitrogens with one attached hydrogen (secondary N) is 2. The van der Waals surface area contributed by atoms with E-state index < -0.39 is 0 Å². The number of hydrogen-bond acceptors (Lipinski definition) is 4. The highest BCUT2D eigenvalue weighted by molar-refractivity contribution is 5.79. The largest absolute Gasteiger partial charge is 0.475 e. The minimum absolute atomic E-state index is 0.135. The van der Waals surface area contributed by atoms with E-state index in [0.717, 1.165) is 37.7 Å². The summed E-state index contributed by atoms with van der Waals surface area (Å²) in [5, 5.41) is 6.50. The molecule has 124 valence electrons. The van der Waals surface area contributed by atoms with Gasteiger partial charge in [-0.15, -0.1) is 0 Å². The van der Waals surface area contributed by atoms with Crippen LogP contribution >= 0.6 is 0 Å². The molecule has 22 heavy (non-hydrogen) atoms. The number of aromatic nitrogens is 1. The van der Waals surface area contributed by atoms with Crippen molar-refractivity contribution < 1.29 is 9.47 Å². The third-order valence-corrected chi connectivity index (χ3v) is 2.80. The van der Waals surface area contributed by atoms with Crippen molar-refractivity contribution in [2.45, 2.75) is 39.8 Å². The second-order valence-corrected chi connectivity index (χ2v) is 5.07. The van der Waals surface area contributed by atoms with Crippen LogP contribution in [0.25, 0.3) is 0 Å². The van der Waals surface area contributed by atoms with E-state index >= 15 is 0 Å². The Morgan fingerprint density at radius 1 is 1.32 bits per heavy atom. The summed E-state index contributed by atoms with van der Waals surface area (Å²) in [6, 6.07) is 3.88. The molecule has 0 amide bonds. The monoisotopic (exact) mass is 308 g/mol. The van der Waals surface area contributed by atoms with Gasteiger partial charge in [0.25, 0.3) is 0 Å². The predicted molar refractivity (Wildman–Crippen MR) is 89.3 cm³/mol. The van der Waals surface area contributed by atoms with Crippen molar-refractivity contribution in [1.29, 1.82) is 0 Å². The number of pyridine rings is 1. The van der Waals surface area contributed by atoms with Crippen molar-refractivity contribution in [3.63, 3.8) is 0 Å². The fourth-order valence-corrected chi connectivity index (χ4v) is 1.76. The van der Waals surface area contributed by atoms with Crippen molar-refractivity contribution in [3.05, 3.63) is 23.9 Å². The number of guanidine groups is 1. The zero-order valence-electron chi connectivity index (χ0n) is 14.1. The van der Waals surface area contributed by atoms with Crippen LogP contribution in [0.1, 0.15) is 32.8 Å². The van der Waals surface area contributed by atoms with E-state index in [9.17, 15) is 0 Å². The van der Waals surface area contributed by atoms with Crippen LogP contribution in [-0.4, -0.2) is 43.9 Å². The van der Waals surface area contributed by atoms with Gasteiger partial charge in [-0.3, -0.25) is 4.99 Å². The van der Waals surface area contributed by atoms with Gasteiger partial charge in [0.05, 0.1) is 6.10 Å². The summed E-state index contributed by atoms with van der Waals surface area (Å²) in [5.41, 5.74) is 1.08. The van der Waals surface area contributed by atoms with Gasteiger partial charge in [-0.1, -0.05) is 6.07 Å². The maximum atomic E-state index is 5.52. The molecule has 0 atom stereocenters. The fourth-order valence-electron chi connectivity index (χ4n) is 1.76. The summed E-state index contributed by atoms with van der Waals surface area (Å²) < 4.78 is 10.8. The highest BCUT2D eigenvalue weighted by Gasteiger charge is 2.01. The van der Waals surface area contributed by atoms with Gasteiger partial charge in [0, 0.05) is 45.6 Å². The van der Waals surface area contributed by atoms with E-state index in [0.29, 0.717) is 12.4 Å². The lowest BCUT2D eigenvalue weighted by Crippen LogP contribution is -2.37. The topological polar surface area (TPSA) is 67.8 Å². The van der Waals surface area contributed by atoms with Gasteiger partial charge in [-0.2, -0.15) is 0 Å². The molecule has 0 spiro atoms. The minimum Gasteiger partial charge on any atom is -0.475 e. The molecule has 0 bridgehead atoms. The summed E-state index contributed by atoms with van der Waals surface area (Å²) >= 11 is 0. The van der Waals surface area contributed by atoms with Gasteiger partial charge in [-0.05, 0) is 32.8 Å². The summed E-state index contributed by atoms with van der Waals surface area (Å²) in [6.07, 6.45) is 2.90. The number of hydrogen-bond donors (Lipinski definition) is 2. The van der Waals surface area contributed by atoms with Crippen molar-refractivity contribution in [2.24, 2.45) is 4.99 Å². The third-order valence-electron chi connectivity index (χ3n) is 2.80. The van der Waals surface area contributed by atoms with E-state index in [2.05, 4.69) is 20.6 Å². The molecule has 2 N–H and O–H groups in total. The van der Waals surface area contributed by atoms with Crippen LogP contribution in [0, 0.1) is 0 Å². The summed E-state index contributed by atoms with van der Waals surface area (Å²) in [7, 11) is 1.76. The molecule has 0 fully saturated rings. The molecular weight excluding hydrogens is 280 g/mol. The SMILES string of the molecule is CCOCCCNC(=NC)NCc1ccc(OC(C)C)nc1. The average molecular weight is 308 g/mol. The molecule has 1 aromatic heterocycles. The van der Waals surface area contributed by atoms with E-state index in [1.165, 1.54) is 0 Å². The van der Waals surface area contributed by atoms with Crippen LogP contribution in [0.4, 0.5) is 0 Å². The predicted octanol–water partition coefficient (Wildman–Crippen LogP) is 1.96. The summed E-state index contributed by atoms with van der Waals surface area (Å²) in [5.74, 6) is 1.43. The Morgan fingerprint density at radius 3 is 2.73 bits per heavy atom. The van der Waals surface area contributed by atoms with Gasteiger partial charge >= 0.3 is 0 Å². The lowest BCUT2D eigenvalue weighted by Gasteiger charge is -2.12. The highest BCUT2D eigenvalue weighted by atomic mass is 16.5. The molecule has 0 unspecified atom stereocenters. The van der Waals surface area contributed by atoms with Crippen molar-refractivity contribution >= 4 is 5.96 Å². The molecule has 0 saturated carbocycles. The van der Waals surface area contributed by atoms with Gasteiger partial charge < -0.3 is 20.1 Å². The number of nitrogens with zero attached hydrogens (tertiary/aromatic N) is 2. The molecule has 0 aliphatic heterocycles. The van der Waals surface area contributed by atoms with Crippen molar-refractivity contribution in [3.8, 4) is 5.88 Å². The van der Waals surface area contributed by atoms with E-state index in [1.54, 1.807) is 7.05 Å². The molecule has 0 aliphatic carbocycles. The highest BCUT2D eigenvalue weighted by Crippen LogP contribution is 2.09. The van der Waals surface area contributed by atoms with Crippen molar-refractivity contribution in [1.82, 2.24) is 15.6 Å². The lowest BCUT2D eigenvalue weighted by molar-refractivity contribution is 0.145. The first-order valence-electron chi connectivity index (χ1n) is 7.79. The minimum atomic E-state index is 0.135. The molecule has 0 saturated heterocycles. The van der Waals surface area contributed by atoms with Gasteiger partial charge in [-0.25, -0.2) is 4.98 Å². The van der Waals surface area contributed by atoms with Gasteiger partial charge in [0.15, 0.2) is 5.96 Å². The number of rotatable bonds is 9. The second-order valence-electron chi connectivity index (χ2n) is 5.07. The standard InChI is InChI=1S/C16H28N4O2/c1-5-21-10-6-9-18-16(17-4)20-12-14-7-8-15(19-11-14)22-13(2)3/h7-8,11,13H,5-6,9-10,12H2,1-4H3,(H2,17,18,20). The van der Waals surface area contributed by atoms with Crippen LogP contribution in [-0.2, 0) is 11.3 Å². The Balaban J connectivity index is 2.30. The molecule has 0 radical (unpaired) electrons. The van der Waals surface area contributed by atoms with E-state index in [-0.39, 0.29) is 6.10 Å². The maximum absolute atomic E-state index is 5.52. The molecule has 6 heteroatoms. The van der Waals surface area contributed by atoms with Crippen LogP contribution in [0.15, 0.2) is 23.3 Å². The Morgan fingerprint density at radius 2 is 2.14 bits per heavy atom. The quantitative estimate of drug-likeness (QED) is 0.415. The van der Waals surface area contributed by atoms with E-state index in [1.807, 2.05) is 39.1 Å². The Kier molecular flexibility index (Phi) is 8.98. The Labute approximate surface area is 133 Å². The molecule has 6 nitrogen and oxygen atoms in total. The number of aliphatic imine (C=N–C) groups is 1. The van der Waals surface area contributed by atoms with Crippen molar-refractivity contribution in [2.75, 3.05) is 26.8 Å².